The lowest BCUT2D eigenvalue weighted by Gasteiger charge is -2.25. The Hall–Kier alpha value is -2.74. The summed E-state index contributed by atoms with van der Waals surface area (Å²) in [4.78, 5) is 31.3. The van der Waals surface area contributed by atoms with E-state index in [9.17, 15) is 9.59 Å². The van der Waals surface area contributed by atoms with Crippen LogP contribution in [0.3, 0.4) is 0 Å². The highest BCUT2D eigenvalue weighted by Crippen LogP contribution is 2.25. The molecular formula is C19H21N5O2S. The van der Waals surface area contributed by atoms with Crippen LogP contribution < -0.4 is 15.8 Å². The minimum absolute atomic E-state index is 0.220. The van der Waals surface area contributed by atoms with Crippen LogP contribution in [0.4, 0.5) is 5.13 Å². The third-order valence-corrected chi connectivity index (χ3v) is 5.61. The number of aryl methyl sites for hydroxylation is 1. The van der Waals surface area contributed by atoms with Crippen LogP contribution in [0.15, 0.2) is 35.1 Å². The van der Waals surface area contributed by atoms with E-state index >= 15 is 0 Å². The van der Waals surface area contributed by atoms with E-state index in [4.69, 9.17) is 0 Å². The number of nitrogens with zero attached hydrogens (tertiary/aromatic N) is 4. The molecule has 2 aromatic heterocycles. The normalized spacial score (nSPS) is 14.5. The van der Waals surface area contributed by atoms with Crippen LogP contribution in [0, 0.1) is 6.92 Å². The summed E-state index contributed by atoms with van der Waals surface area (Å²) in [6, 6.07) is 9.19. The zero-order valence-electron chi connectivity index (χ0n) is 15.1. The summed E-state index contributed by atoms with van der Waals surface area (Å²) in [5.41, 5.74) is 1.94. The van der Waals surface area contributed by atoms with Crippen LogP contribution in [-0.2, 0) is 6.54 Å². The van der Waals surface area contributed by atoms with Crippen molar-refractivity contribution in [3.8, 4) is 0 Å². The molecule has 0 atom stereocenters. The van der Waals surface area contributed by atoms with Crippen LogP contribution in [0.25, 0.3) is 4.96 Å². The van der Waals surface area contributed by atoms with Crippen LogP contribution in [0.2, 0.25) is 0 Å². The SMILES string of the molecule is Cc1cccc(CNC(=O)c2cc(=O)nc3sc(N4CCCCC4)nn23)c1. The van der Waals surface area contributed by atoms with Gasteiger partial charge in [-0.05, 0) is 31.7 Å². The molecule has 1 aliphatic heterocycles. The third-order valence-electron chi connectivity index (χ3n) is 4.64. The second-order valence-electron chi connectivity index (χ2n) is 6.78. The number of carbonyl (C=O) groups excluding carboxylic acids is 1. The molecule has 1 aromatic carbocycles. The second kappa shape index (κ2) is 7.48. The molecule has 3 heterocycles. The van der Waals surface area contributed by atoms with Crippen LogP contribution in [-0.4, -0.2) is 33.6 Å². The van der Waals surface area contributed by atoms with Gasteiger partial charge < -0.3 is 10.2 Å². The summed E-state index contributed by atoms with van der Waals surface area (Å²) >= 11 is 1.35. The number of anilines is 1. The highest BCUT2D eigenvalue weighted by atomic mass is 32.1. The largest absolute Gasteiger partial charge is 0.347 e. The van der Waals surface area contributed by atoms with Crippen LogP contribution in [0.5, 0.6) is 0 Å². The van der Waals surface area contributed by atoms with E-state index in [0.717, 1.165) is 42.2 Å². The van der Waals surface area contributed by atoms with E-state index in [1.165, 1.54) is 28.3 Å². The number of aromatic nitrogens is 3. The van der Waals surface area contributed by atoms with Crippen molar-refractivity contribution in [3.05, 3.63) is 57.5 Å². The first-order valence-corrected chi connectivity index (χ1v) is 9.91. The minimum Gasteiger partial charge on any atom is -0.347 e. The lowest BCUT2D eigenvalue weighted by Crippen LogP contribution is -2.30. The number of rotatable bonds is 4. The molecule has 8 heteroatoms. The molecule has 4 rings (SSSR count). The van der Waals surface area contributed by atoms with E-state index in [0.29, 0.717) is 11.5 Å². The summed E-state index contributed by atoms with van der Waals surface area (Å²) in [5, 5.41) is 8.25. The van der Waals surface area contributed by atoms with Crippen molar-refractivity contribution in [1.29, 1.82) is 0 Å². The maximum absolute atomic E-state index is 12.7. The predicted molar refractivity (Wildman–Crippen MR) is 106 cm³/mol. The topological polar surface area (TPSA) is 79.6 Å². The fraction of sp³-hybridized carbons (Fsp3) is 0.368. The number of hydrogen-bond acceptors (Lipinski definition) is 6. The number of nitrogens with one attached hydrogen (secondary N) is 1. The maximum atomic E-state index is 12.7. The molecule has 140 valence electrons. The average Bonchev–Trinajstić information content (AvgIpc) is 3.10. The lowest BCUT2D eigenvalue weighted by atomic mass is 10.1. The van der Waals surface area contributed by atoms with E-state index in [-0.39, 0.29) is 11.6 Å². The fourth-order valence-corrected chi connectivity index (χ4v) is 4.23. The van der Waals surface area contributed by atoms with Gasteiger partial charge in [-0.1, -0.05) is 41.2 Å². The fourth-order valence-electron chi connectivity index (χ4n) is 3.28. The highest BCUT2D eigenvalue weighted by Gasteiger charge is 2.19. The van der Waals surface area contributed by atoms with Gasteiger partial charge in [-0.15, -0.1) is 5.10 Å². The molecule has 0 aliphatic carbocycles. The van der Waals surface area contributed by atoms with Gasteiger partial charge in [0.15, 0.2) is 0 Å². The van der Waals surface area contributed by atoms with Gasteiger partial charge in [0.05, 0.1) is 0 Å². The zero-order valence-corrected chi connectivity index (χ0v) is 16.0. The summed E-state index contributed by atoms with van der Waals surface area (Å²) < 4.78 is 1.49. The number of amides is 1. The van der Waals surface area contributed by atoms with Crippen molar-refractivity contribution < 1.29 is 4.79 Å². The Morgan fingerprint density at radius 3 is 2.81 bits per heavy atom. The van der Waals surface area contributed by atoms with E-state index in [1.54, 1.807) is 0 Å². The first kappa shape index (κ1) is 17.7. The Kier molecular flexibility index (Phi) is 4.89. The number of piperidine rings is 1. The van der Waals surface area contributed by atoms with Crippen LogP contribution >= 0.6 is 11.3 Å². The predicted octanol–water partition coefficient (Wildman–Crippen LogP) is 2.38. The molecule has 3 aromatic rings. The molecule has 0 bridgehead atoms. The molecule has 0 radical (unpaired) electrons. The Labute approximate surface area is 160 Å². The van der Waals surface area contributed by atoms with Gasteiger partial charge in [0, 0.05) is 25.7 Å². The smallest absolute Gasteiger partial charge is 0.274 e. The molecule has 27 heavy (non-hydrogen) atoms. The minimum atomic E-state index is -0.426. The molecule has 7 nitrogen and oxygen atoms in total. The van der Waals surface area contributed by atoms with Crippen molar-refractivity contribution in [2.75, 3.05) is 18.0 Å². The number of carbonyl (C=O) groups is 1. The monoisotopic (exact) mass is 383 g/mol. The lowest BCUT2D eigenvalue weighted by molar-refractivity contribution is 0.0943. The van der Waals surface area contributed by atoms with Gasteiger partial charge >= 0.3 is 0 Å². The molecule has 1 fully saturated rings. The Balaban J connectivity index is 1.60. The van der Waals surface area contributed by atoms with Crippen molar-refractivity contribution in [3.63, 3.8) is 0 Å². The standard InChI is InChI=1S/C19H21N5O2S/c1-13-6-5-7-14(10-13)12-20-17(26)15-11-16(25)21-18-24(15)22-19(27-18)23-8-3-2-4-9-23/h5-7,10-11H,2-4,8-9,12H2,1H3,(H,20,26). The molecule has 1 aliphatic rings. The quantitative estimate of drug-likeness (QED) is 0.748. The van der Waals surface area contributed by atoms with Crippen molar-refractivity contribution in [2.24, 2.45) is 0 Å². The molecule has 1 saturated heterocycles. The zero-order chi connectivity index (χ0) is 18.8. The maximum Gasteiger partial charge on any atom is 0.274 e. The molecule has 0 spiro atoms. The summed E-state index contributed by atoms with van der Waals surface area (Å²) in [6.45, 7) is 4.29. The van der Waals surface area contributed by atoms with Crippen LogP contribution in [0.1, 0.15) is 40.9 Å². The van der Waals surface area contributed by atoms with Gasteiger partial charge in [0.1, 0.15) is 5.69 Å². The first-order chi connectivity index (χ1) is 13.1. The van der Waals surface area contributed by atoms with Gasteiger partial charge in [0.2, 0.25) is 10.1 Å². The third kappa shape index (κ3) is 3.85. The average molecular weight is 383 g/mol. The van der Waals surface area contributed by atoms with Gasteiger partial charge in [-0.25, -0.2) is 0 Å². The Morgan fingerprint density at radius 2 is 2.04 bits per heavy atom. The van der Waals surface area contributed by atoms with Crippen molar-refractivity contribution in [2.45, 2.75) is 32.7 Å². The molecule has 0 unspecified atom stereocenters. The van der Waals surface area contributed by atoms with E-state index in [2.05, 4.69) is 20.3 Å². The van der Waals surface area contributed by atoms with E-state index in [1.807, 2.05) is 31.2 Å². The Bertz CT molecular complexity index is 1040. The highest BCUT2D eigenvalue weighted by molar-refractivity contribution is 7.20. The van der Waals surface area contributed by atoms with Gasteiger partial charge in [-0.3, -0.25) is 9.59 Å². The van der Waals surface area contributed by atoms with Gasteiger partial charge in [-0.2, -0.15) is 9.50 Å². The summed E-state index contributed by atoms with van der Waals surface area (Å²) in [5.74, 6) is -0.332. The first-order valence-electron chi connectivity index (χ1n) is 9.10. The molecule has 0 saturated carbocycles. The molecule has 1 N–H and O–H groups in total. The van der Waals surface area contributed by atoms with Gasteiger partial charge in [0.25, 0.3) is 11.5 Å². The van der Waals surface area contributed by atoms with E-state index < -0.39 is 5.56 Å². The van der Waals surface area contributed by atoms with Crippen molar-refractivity contribution in [1.82, 2.24) is 19.9 Å². The second-order valence-corrected chi connectivity index (χ2v) is 7.71. The molecule has 1 amide bonds. The summed E-state index contributed by atoms with van der Waals surface area (Å²) in [6.07, 6.45) is 3.49. The number of benzene rings is 1. The molecular weight excluding hydrogens is 362 g/mol. The van der Waals surface area contributed by atoms with Crippen molar-refractivity contribution >= 4 is 27.3 Å². The number of fused-ring (bicyclic) bond motifs is 1. The number of hydrogen-bond donors (Lipinski definition) is 1. The Morgan fingerprint density at radius 1 is 1.22 bits per heavy atom. The summed E-state index contributed by atoms with van der Waals surface area (Å²) in [7, 11) is 0.